The Balaban J connectivity index is 2.14. The van der Waals surface area contributed by atoms with E-state index in [0.717, 1.165) is 18.0 Å². The predicted molar refractivity (Wildman–Crippen MR) is 89.1 cm³/mol. The smallest absolute Gasteiger partial charge is 0.0603 e. The van der Waals surface area contributed by atoms with Crippen LogP contribution in [0.3, 0.4) is 0 Å². The molecule has 2 aromatic carbocycles. The van der Waals surface area contributed by atoms with Gasteiger partial charge in [0.2, 0.25) is 0 Å². The molecule has 0 amide bonds. The quantitative estimate of drug-likeness (QED) is 0.772. The number of hydrogen-bond acceptors (Lipinski definition) is 2. The Bertz CT molecular complexity index is 599. The lowest BCUT2D eigenvalue weighted by Crippen LogP contribution is -2.11. The third-order valence-electron chi connectivity index (χ3n) is 2.94. The molecule has 106 valence electrons. The molecule has 0 atom stereocenters. The molecule has 0 aliphatic rings. The van der Waals surface area contributed by atoms with E-state index in [9.17, 15) is 0 Å². The molecule has 4 heteroatoms. The highest BCUT2D eigenvalue weighted by Crippen LogP contribution is 2.34. The van der Waals surface area contributed by atoms with Crippen LogP contribution in [0.15, 0.2) is 46.2 Å². The van der Waals surface area contributed by atoms with Crippen molar-refractivity contribution in [3.05, 3.63) is 57.6 Å². The van der Waals surface area contributed by atoms with E-state index in [1.54, 1.807) is 11.8 Å². The first-order valence-electron chi connectivity index (χ1n) is 6.53. The van der Waals surface area contributed by atoms with Crippen molar-refractivity contribution in [3.63, 3.8) is 0 Å². The highest BCUT2D eigenvalue weighted by atomic mass is 35.5. The molecule has 2 rings (SSSR count). The van der Waals surface area contributed by atoms with E-state index in [4.69, 9.17) is 23.2 Å². The van der Waals surface area contributed by atoms with Crippen molar-refractivity contribution in [1.82, 2.24) is 5.32 Å². The van der Waals surface area contributed by atoms with Crippen molar-refractivity contribution in [3.8, 4) is 0 Å². The Hall–Kier alpha value is -0.670. The SMILES string of the molecule is CCNCc1ccc(Sc2ccc(Cl)c(Cl)c2)c(C)c1. The highest BCUT2D eigenvalue weighted by Gasteiger charge is 2.05. The van der Waals surface area contributed by atoms with Crippen molar-refractivity contribution in [2.75, 3.05) is 6.54 Å². The van der Waals surface area contributed by atoms with E-state index in [2.05, 4.69) is 37.4 Å². The second kappa shape index (κ2) is 7.37. The van der Waals surface area contributed by atoms with Crippen LogP contribution >= 0.6 is 35.0 Å². The molecule has 0 saturated carbocycles. The van der Waals surface area contributed by atoms with E-state index in [0.29, 0.717) is 10.0 Å². The minimum absolute atomic E-state index is 0.591. The summed E-state index contributed by atoms with van der Waals surface area (Å²) in [5.41, 5.74) is 2.58. The van der Waals surface area contributed by atoms with Gasteiger partial charge >= 0.3 is 0 Å². The van der Waals surface area contributed by atoms with Crippen molar-refractivity contribution in [2.45, 2.75) is 30.2 Å². The number of halogens is 2. The van der Waals surface area contributed by atoms with Gasteiger partial charge in [0.1, 0.15) is 0 Å². The van der Waals surface area contributed by atoms with Crippen molar-refractivity contribution in [1.29, 1.82) is 0 Å². The van der Waals surface area contributed by atoms with Crippen molar-refractivity contribution < 1.29 is 0 Å². The molecule has 2 aromatic rings. The standard InChI is InChI=1S/C16H17Cl2NS/c1-3-19-10-12-4-7-16(11(2)8-12)20-13-5-6-14(17)15(18)9-13/h4-9,19H,3,10H2,1-2H3. The van der Waals surface area contributed by atoms with Gasteiger partial charge in [-0.2, -0.15) is 0 Å². The fraction of sp³-hybridized carbons (Fsp3) is 0.250. The van der Waals surface area contributed by atoms with Gasteiger partial charge in [-0.25, -0.2) is 0 Å². The molecule has 0 heterocycles. The number of benzene rings is 2. The molecule has 0 bridgehead atoms. The zero-order valence-corrected chi connectivity index (χ0v) is 13.9. The molecular formula is C16H17Cl2NS. The van der Waals surface area contributed by atoms with Gasteiger partial charge in [-0.3, -0.25) is 0 Å². The van der Waals surface area contributed by atoms with Crippen LogP contribution in [0, 0.1) is 6.92 Å². The lowest BCUT2D eigenvalue weighted by Gasteiger charge is -2.09. The summed E-state index contributed by atoms with van der Waals surface area (Å²) in [6.45, 7) is 6.14. The van der Waals surface area contributed by atoms with Crippen molar-refractivity contribution in [2.24, 2.45) is 0 Å². The van der Waals surface area contributed by atoms with Crippen LogP contribution in [0.2, 0.25) is 10.0 Å². The molecule has 1 nitrogen and oxygen atoms in total. The fourth-order valence-electron chi connectivity index (χ4n) is 1.87. The molecule has 0 aliphatic carbocycles. The Labute approximate surface area is 134 Å². The van der Waals surface area contributed by atoms with Crippen LogP contribution in [0.4, 0.5) is 0 Å². The normalized spacial score (nSPS) is 10.8. The summed E-state index contributed by atoms with van der Waals surface area (Å²) in [5, 5.41) is 4.52. The minimum atomic E-state index is 0.591. The van der Waals surface area contributed by atoms with Crippen LogP contribution in [0.1, 0.15) is 18.1 Å². The second-order valence-corrected chi connectivity index (χ2v) is 6.49. The van der Waals surface area contributed by atoms with Crippen molar-refractivity contribution >= 4 is 35.0 Å². The van der Waals surface area contributed by atoms with Gasteiger partial charge in [0, 0.05) is 16.3 Å². The zero-order valence-electron chi connectivity index (χ0n) is 11.5. The first kappa shape index (κ1) is 15.7. The van der Waals surface area contributed by atoms with Gasteiger partial charge in [-0.1, -0.05) is 54.0 Å². The predicted octanol–water partition coefficient (Wildman–Crippen LogP) is 5.56. The Kier molecular flexibility index (Phi) is 5.79. The maximum absolute atomic E-state index is 6.05. The third kappa shape index (κ3) is 4.16. The summed E-state index contributed by atoms with van der Waals surface area (Å²) in [7, 11) is 0. The number of aryl methyl sites for hydroxylation is 1. The lowest BCUT2D eigenvalue weighted by atomic mass is 10.1. The average molecular weight is 326 g/mol. The molecule has 0 aliphatic heterocycles. The van der Waals surface area contributed by atoms with Gasteiger partial charge in [0.25, 0.3) is 0 Å². The largest absolute Gasteiger partial charge is 0.313 e. The molecule has 0 radical (unpaired) electrons. The maximum Gasteiger partial charge on any atom is 0.0603 e. The van der Waals surface area contributed by atoms with E-state index < -0.39 is 0 Å². The summed E-state index contributed by atoms with van der Waals surface area (Å²) in [5.74, 6) is 0. The number of hydrogen-bond donors (Lipinski definition) is 1. The maximum atomic E-state index is 6.05. The Morgan fingerprint density at radius 2 is 1.85 bits per heavy atom. The van der Waals surface area contributed by atoms with Gasteiger partial charge in [0.15, 0.2) is 0 Å². The van der Waals surface area contributed by atoms with Crippen LogP contribution < -0.4 is 5.32 Å². The van der Waals surface area contributed by atoms with Crippen LogP contribution in [0.5, 0.6) is 0 Å². The van der Waals surface area contributed by atoms with E-state index in [1.165, 1.54) is 16.0 Å². The van der Waals surface area contributed by atoms with Gasteiger partial charge in [-0.05, 0) is 48.9 Å². The summed E-state index contributed by atoms with van der Waals surface area (Å²) in [4.78, 5) is 2.34. The van der Waals surface area contributed by atoms with Crippen LogP contribution in [-0.2, 0) is 6.54 Å². The van der Waals surface area contributed by atoms with Gasteiger partial charge in [0.05, 0.1) is 10.0 Å². The molecule has 0 aromatic heterocycles. The molecule has 0 saturated heterocycles. The summed E-state index contributed by atoms with van der Waals surface area (Å²) >= 11 is 13.7. The topological polar surface area (TPSA) is 12.0 Å². The summed E-state index contributed by atoms with van der Waals surface area (Å²) in [6, 6.07) is 12.3. The molecule has 0 spiro atoms. The number of nitrogens with one attached hydrogen (secondary N) is 1. The first-order valence-corrected chi connectivity index (χ1v) is 8.10. The third-order valence-corrected chi connectivity index (χ3v) is 4.84. The molecule has 1 N–H and O–H groups in total. The number of rotatable bonds is 5. The average Bonchev–Trinajstić information content (AvgIpc) is 2.43. The summed E-state index contributed by atoms with van der Waals surface area (Å²) in [6.07, 6.45) is 0. The summed E-state index contributed by atoms with van der Waals surface area (Å²) < 4.78 is 0. The molecule has 0 fully saturated rings. The minimum Gasteiger partial charge on any atom is -0.313 e. The monoisotopic (exact) mass is 325 g/mol. The molecule has 0 unspecified atom stereocenters. The molecule has 20 heavy (non-hydrogen) atoms. The van der Waals surface area contributed by atoms with Gasteiger partial charge in [-0.15, -0.1) is 0 Å². The van der Waals surface area contributed by atoms with E-state index in [1.807, 2.05) is 18.2 Å². The Morgan fingerprint density at radius 1 is 1.05 bits per heavy atom. The van der Waals surface area contributed by atoms with E-state index in [-0.39, 0.29) is 0 Å². The van der Waals surface area contributed by atoms with Crippen LogP contribution in [-0.4, -0.2) is 6.54 Å². The lowest BCUT2D eigenvalue weighted by molar-refractivity contribution is 0.726. The Morgan fingerprint density at radius 3 is 2.50 bits per heavy atom. The second-order valence-electron chi connectivity index (χ2n) is 4.56. The zero-order chi connectivity index (χ0) is 14.5. The molecular weight excluding hydrogens is 309 g/mol. The fourth-order valence-corrected chi connectivity index (χ4v) is 3.16. The van der Waals surface area contributed by atoms with Crippen LogP contribution in [0.25, 0.3) is 0 Å². The van der Waals surface area contributed by atoms with E-state index >= 15 is 0 Å². The van der Waals surface area contributed by atoms with Gasteiger partial charge < -0.3 is 5.32 Å². The highest BCUT2D eigenvalue weighted by molar-refractivity contribution is 7.99. The first-order chi connectivity index (χ1) is 9.60.